The van der Waals surface area contributed by atoms with E-state index < -0.39 is 11.7 Å². The summed E-state index contributed by atoms with van der Waals surface area (Å²) in [7, 11) is 0. The van der Waals surface area contributed by atoms with Gasteiger partial charge >= 0.3 is 6.18 Å². The van der Waals surface area contributed by atoms with Crippen LogP contribution in [-0.4, -0.2) is 9.97 Å². The second-order valence-corrected chi connectivity index (χ2v) is 5.80. The van der Waals surface area contributed by atoms with E-state index in [9.17, 15) is 13.2 Å². The highest BCUT2D eigenvalue weighted by Gasteiger charge is 2.30. The monoisotopic (exact) mass is 356 g/mol. The summed E-state index contributed by atoms with van der Waals surface area (Å²) in [4.78, 5) is 8.39. The maximum Gasteiger partial charge on any atom is 0.416 e. The maximum atomic E-state index is 12.8. The van der Waals surface area contributed by atoms with Crippen LogP contribution in [0.25, 0.3) is 10.9 Å². The first-order chi connectivity index (χ1) is 10.8. The molecule has 0 spiro atoms. The minimum atomic E-state index is -4.40. The van der Waals surface area contributed by atoms with Gasteiger partial charge in [-0.3, -0.25) is 0 Å². The summed E-state index contributed by atoms with van der Waals surface area (Å²) in [6.07, 6.45) is -2.54. The lowest BCUT2D eigenvalue weighted by Crippen LogP contribution is -2.05. The summed E-state index contributed by atoms with van der Waals surface area (Å²) in [5.41, 5.74) is 0.347. The van der Waals surface area contributed by atoms with Crippen molar-refractivity contribution in [1.29, 1.82) is 0 Å². The van der Waals surface area contributed by atoms with Crippen molar-refractivity contribution in [2.75, 3.05) is 0 Å². The highest BCUT2D eigenvalue weighted by atomic mass is 35.5. The van der Waals surface area contributed by atoms with Crippen molar-refractivity contribution in [3.05, 3.63) is 69.6 Å². The zero-order chi connectivity index (χ0) is 16.6. The summed E-state index contributed by atoms with van der Waals surface area (Å²) < 4.78 is 38.3. The predicted octanol–water partition coefficient (Wildman–Crippen LogP) is 5.55. The lowest BCUT2D eigenvalue weighted by molar-refractivity contribution is -0.137. The number of aromatic nitrogens is 2. The van der Waals surface area contributed by atoms with E-state index in [-0.39, 0.29) is 5.52 Å². The molecule has 0 bridgehead atoms. The minimum Gasteiger partial charge on any atom is -0.240 e. The lowest BCUT2D eigenvalue weighted by atomic mass is 10.1. The largest absolute Gasteiger partial charge is 0.416 e. The fourth-order valence-electron chi connectivity index (χ4n) is 2.16. The van der Waals surface area contributed by atoms with Crippen LogP contribution in [0.4, 0.5) is 13.2 Å². The Bertz CT molecular complexity index is 879. The molecule has 0 N–H and O–H groups in total. The normalized spacial score (nSPS) is 11.9. The van der Waals surface area contributed by atoms with Gasteiger partial charge in [-0.1, -0.05) is 35.3 Å². The third kappa shape index (κ3) is 3.57. The molecule has 1 heterocycles. The zero-order valence-corrected chi connectivity index (χ0v) is 13.0. The average molecular weight is 357 g/mol. The quantitative estimate of drug-likeness (QED) is 0.601. The number of hydrogen-bond acceptors (Lipinski definition) is 2. The van der Waals surface area contributed by atoms with Gasteiger partial charge in [0, 0.05) is 18.0 Å². The summed E-state index contributed by atoms with van der Waals surface area (Å²) in [6.45, 7) is 0. The molecule has 2 nitrogen and oxygen atoms in total. The van der Waals surface area contributed by atoms with Crippen LogP contribution in [-0.2, 0) is 12.6 Å². The van der Waals surface area contributed by atoms with Crippen LogP contribution in [0.1, 0.15) is 17.0 Å². The Morgan fingerprint density at radius 1 is 0.957 bits per heavy atom. The number of rotatable bonds is 2. The highest BCUT2D eigenvalue weighted by Crippen LogP contribution is 2.31. The van der Waals surface area contributed by atoms with Gasteiger partial charge < -0.3 is 0 Å². The van der Waals surface area contributed by atoms with Gasteiger partial charge in [0.15, 0.2) is 0 Å². The van der Waals surface area contributed by atoms with Crippen molar-refractivity contribution in [2.24, 2.45) is 0 Å². The molecule has 0 saturated heterocycles. The average Bonchev–Trinajstić information content (AvgIpc) is 2.49. The Kier molecular flexibility index (Phi) is 4.17. The van der Waals surface area contributed by atoms with Crippen molar-refractivity contribution in [3.63, 3.8) is 0 Å². The lowest BCUT2D eigenvalue weighted by Gasteiger charge is -2.08. The van der Waals surface area contributed by atoms with E-state index in [2.05, 4.69) is 9.97 Å². The summed E-state index contributed by atoms with van der Waals surface area (Å²) >= 11 is 11.8. The number of fused-ring (bicyclic) bond motifs is 1. The van der Waals surface area contributed by atoms with Crippen molar-refractivity contribution >= 4 is 34.1 Å². The van der Waals surface area contributed by atoms with Crippen LogP contribution in [0.2, 0.25) is 10.0 Å². The topological polar surface area (TPSA) is 25.8 Å². The van der Waals surface area contributed by atoms with Gasteiger partial charge in [-0.05, 0) is 29.8 Å². The molecule has 2 aromatic carbocycles. The number of halogens is 5. The summed E-state index contributed by atoms with van der Waals surface area (Å²) in [6, 6.07) is 8.51. The second-order valence-electron chi connectivity index (χ2n) is 4.98. The number of alkyl halides is 3. The van der Waals surface area contributed by atoms with Crippen molar-refractivity contribution < 1.29 is 13.2 Å². The van der Waals surface area contributed by atoms with Crippen LogP contribution in [0.15, 0.2) is 42.6 Å². The van der Waals surface area contributed by atoms with Crippen LogP contribution in [0.5, 0.6) is 0 Å². The molecule has 0 aliphatic rings. The first-order valence-corrected chi connectivity index (χ1v) is 7.35. The maximum absolute atomic E-state index is 12.8. The molecule has 118 valence electrons. The van der Waals surface area contributed by atoms with E-state index in [0.29, 0.717) is 27.7 Å². The molecule has 3 aromatic rings. The molecule has 0 saturated carbocycles. The highest BCUT2D eigenvalue weighted by molar-refractivity contribution is 6.42. The van der Waals surface area contributed by atoms with Crippen LogP contribution in [0.3, 0.4) is 0 Å². The Labute approximate surface area is 139 Å². The van der Waals surface area contributed by atoms with E-state index in [1.807, 2.05) is 0 Å². The third-order valence-corrected chi connectivity index (χ3v) is 4.05. The summed E-state index contributed by atoms with van der Waals surface area (Å²) in [5.74, 6) is 0.412. The Morgan fingerprint density at radius 3 is 2.43 bits per heavy atom. The third-order valence-electron chi connectivity index (χ3n) is 3.31. The van der Waals surface area contributed by atoms with Crippen molar-refractivity contribution in [3.8, 4) is 0 Å². The zero-order valence-electron chi connectivity index (χ0n) is 11.5. The molecule has 7 heteroatoms. The molecule has 0 radical (unpaired) electrons. The molecule has 0 unspecified atom stereocenters. The Morgan fingerprint density at radius 2 is 1.74 bits per heavy atom. The predicted molar refractivity (Wildman–Crippen MR) is 83.8 cm³/mol. The van der Waals surface area contributed by atoms with Gasteiger partial charge in [0.05, 0.1) is 21.1 Å². The fourth-order valence-corrected chi connectivity index (χ4v) is 2.48. The van der Waals surface area contributed by atoms with E-state index >= 15 is 0 Å². The number of nitrogens with zero attached hydrogens (tertiary/aromatic N) is 2. The van der Waals surface area contributed by atoms with E-state index in [1.165, 1.54) is 12.3 Å². The van der Waals surface area contributed by atoms with E-state index in [4.69, 9.17) is 23.2 Å². The molecular weight excluding hydrogens is 348 g/mol. The molecule has 3 rings (SSSR count). The van der Waals surface area contributed by atoms with Gasteiger partial charge in [-0.2, -0.15) is 13.2 Å². The molecule has 0 fully saturated rings. The van der Waals surface area contributed by atoms with Crippen LogP contribution >= 0.6 is 23.2 Å². The van der Waals surface area contributed by atoms with Crippen molar-refractivity contribution in [1.82, 2.24) is 9.97 Å². The molecule has 1 aromatic heterocycles. The minimum absolute atomic E-state index is 0.255. The molecule has 0 aliphatic heterocycles. The first-order valence-electron chi connectivity index (χ1n) is 6.60. The molecule has 23 heavy (non-hydrogen) atoms. The van der Waals surface area contributed by atoms with E-state index in [0.717, 1.165) is 17.7 Å². The van der Waals surface area contributed by atoms with Gasteiger partial charge in [0.25, 0.3) is 0 Å². The standard InChI is InChI=1S/C16H9Cl2F3N2/c17-12-4-1-9(5-13(12)18)6-15-22-8-10-2-3-11(16(19,20)21)7-14(10)23-15/h1-5,7-8H,6H2. The van der Waals surface area contributed by atoms with Crippen LogP contribution in [0, 0.1) is 0 Å². The van der Waals surface area contributed by atoms with E-state index in [1.54, 1.807) is 18.2 Å². The smallest absolute Gasteiger partial charge is 0.240 e. The Balaban J connectivity index is 1.96. The second kappa shape index (κ2) is 5.98. The van der Waals surface area contributed by atoms with Gasteiger partial charge in [-0.25, -0.2) is 9.97 Å². The SMILES string of the molecule is FC(F)(F)c1ccc2cnc(Cc3ccc(Cl)c(Cl)c3)nc2c1. The van der Waals surface area contributed by atoms with Crippen LogP contribution < -0.4 is 0 Å². The molecule has 0 amide bonds. The fraction of sp³-hybridized carbons (Fsp3) is 0.125. The number of benzene rings is 2. The Hall–Kier alpha value is -1.85. The van der Waals surface area contributed by atoms with Gasteiger partial charge in [0.1, 0.15) is 5.82 Å². The first kappa shape index (κ1) is 16.0. The number of hydrogen-bond donors (Lipinski definition) is 0. The molecular formula is C16H9Cl2F3N2. The van der Waals surface area contributed by atoms with Gasteiger partial charge in [0.2, 0.25) is 0 Å². The van der Waals surface area contributed by atoms with Crippen molar-refractivity contribution in [2.45, 2.75) is 12.6 Å². The summed E-state index contributed by atoms with van der Waals surface area (Å²) in [5, 5.41) is 1.39. The van der Waals surface area contributed by atoms with Gasteiger partial charge in [-0.15, -0.1) is 0 Å². The molecule has 0 aliphatic carbocycles. The molecule has 0 atom stereocenters.